The van der Waals surface area contributed by atoms with E-state index in [0.29, 0.717) is 12.5 Å². The highest BCUT2D eigenvalue weighted by Gasteiger charge is 2.47. The largest absolute Gasteiger partial charge is 0.497 e. The molecule has 1 aromatic rings. The number of nitrogens with zero attached hydrogens (tertiary/aromatic N) is 1. The van der Waals surface area contributed by atoms with Gasteiger partial charge < -0.3 is 19.1 Å². The molecule has 1 amide bonds. The minimum Gasteiger partial charge on any atom is -0.497 e. The normalized spacial score (nSPS) is 22.1. The van der Waals surface area contributed by atoms with Crippen LogP contribution in [0.25, 0.3) is 0 Å². The monoisotopic (exact) mass is 333 g/mol. The molecule has 1 saturated heterocycles. The van der Waals surface area contributed by atoms with Crippen molar-refractivity contribution in [1.82, 2.24) is 4.90 Å². The number of benzene rings is 1. The molecule has 0 N–H and O–H groups in total. The first-order valence-corrected chi connectivity index (χ1v) is 8.64. The van der Waals surface area contributed by atoms with Gasteiger partial charge in [0.15, 0.2) is 0 Å². The van der Waals surface area contributed by atoms with Crippen molar-refractivity contribution in [3.05, 3.63) is 23.8 Å². The van der Waals surface area contributed by atoms with Gasteiger partial charge in [0.05, 0.1) is 26.2 Å². The predicted octanol–water partition coefficient (Wildman–Crippen LogP) is 2.84. The van der Waals surface area contributed by atoms with E-state index in [2.05, 4.69) is 0 Å². The number of rotatable bonds is 6. The number of carbonyl (C=O) groups is 1. The molecule has 0 aromatic heterocycles. The van der Waals surface area contributed by atoms with Crippen LogP contribution in [-0.2, 0) is 9.53 Å². The molecule has 0 unspecified atom stereocenters. The first-order valence-electron chi connectivity index (χ1n) is 8.64. The van der Waals surface area contributed by atoms with E-state index in [9.17, 15) is 4.79 Å². The standard InChI is InChI=1S/C19H27NO4/c1-22-13-19(8-4-9-19)18(21)20-10-7-14(12-20)16-11-15(23-2)5-6-17(16)24-3/h5-6,11,14H,4,7-10,12-13H2,1-3H3/t14-/m1/s1. The maximum absolute atomic E-state index is 13.0. The van der Waals surface area contributed by atoms with Gasteiger partial charge in [0.1, 0.15) is 11.5 Å². The third-order valence-corrected chi connectivity index (χ3v) is 5.54. The molecule has 1 aromatic carbocycles. The van der Waals surface area contributed by atoms with Gasteiger partial charge in [-0.3, -0.25) is 4.79 Å². The summed E-state index contributed by atoms with van der Waals surface area (Å²) < 4.78 is 16.2. The zero-order valence-corrected chi connectivity index (χ0v) is 14.8. The van der Waals surface area contributed by atoms with Crippen LogP contribution in [-0.4, -0.2) is 51.8 Å². The fourth-order valence-corrected chi connectivity index (χ4v) is 3.99. The minimum atomic E-state index is -0.276. The van der Waals surface area contributed by atoms with Gasteiger partial charge in [-0.05, 0) is 37.5 Å². The van der Waals surface area contributed by atoms with Crippen LogP contribution in [0.4, 0.5) is 0 Å². The van der Waals surface area contributed by atoms with Crippen LogP contribution in [0.5, 0.6) is 11.5 Å². The van der Waals surface area contributed by atoms with Gasteiger partial charge in [0.25, 0.3) is 0 Å². The maximum atomic E-state index is 13.0. The lowest BCUT2D eigenvalue weighted by Crippen LogP contribution is -2.49. The van der Waals surface area contributed by atoms with Gasteiger partial charge in [0, 0.05) is 31.7 Å². The van der Waals surface area contributed by atoms with E-state index < -0.39 is 0 Å². The minimum absolute atomic E-state index is 0.264. The summed E-state index contributed by atoms with van der Waals surface area (Å²) in [6, 6.07) is 5.88. The molecule has 0 radical (unpaired) electrons. The van der Waals surface area contributed by atoms with E-state index in [4.69, 9.17) is 14.2 Å². The van der Waals surface area contributed by atoms with Gasteiger partial charge in [-0.2, -0.15) is 0 Å². The molecule has 3 rings (SSSR count). The van der Waals surface area contributed by atoms with Crippen LogP contribution in [0, 0.1) is 5.41 Å². The zero-order valence-electron chi connectivity index (χ0n) is 14.8. The van der Waals surface area contributed by atoms with Gasteiger partial charge in [0.2, 0.25) is 5.91 Å². The van der Waals surface area contributed by atoms with Crippen LogP contribution in [0.3, 0.4) is 0 Å². The molecule has 1 aliphatic heterocycles. The van der Waals surface area contributed by atoms with E-state index in [0.717, 1.165) is 55.8 Å². The number of carbonyl (C=O) groups excluding carboxylic acids is 1. The maximum Gasteiger partial charge on any atom is 0.231 e. The lowest BCUT2D eigenvalue weighted by molar-refractivity contribution is -0.151. The molecule has 0 bridgehead atoms. The second-order valence-corrected chi connectivity index (χ2v) is 6.91. The van der Waals surface area contributed by atoms with Crippen LogP contribution in [0.2, 0.25) is 0 Å². The molecule has 1 heterocycles. The second-order valence-electron chi connectivity index (χ2n) is 6.91. The Labute approximate surface area is 143 Å². The average Bonchev–Trinajstić information content (AvgIpc) is 3.06. The SMILES string of the molecule is COCC1(C(=O)N2CC[C@@H](c3cc(OC)ccc3OC)C2)CCC1. The molecule has 5 nitrogen and oxygen atoms in total. The van der Waals surface area contributed by atoms with Crippen LogP contribution >= 0.6 is 0 Å². The number of methoxy groups -OCH3 is 3. The van der Waals surface area contributed by atoms with Gasteiger partial charge in [-0.25, -0.2) is 0 Å². The number of hydrogen-bond acceptors (Lipinski definition) is 4. The molecule has 1 atom stereocenters. The molecule has 132 valence electrons. The first-order chi connectivity index (χ1) is 11.6. The third-order valence-electron chi connectivity index (χ3n) is 5.54. The number of likely N-dealkylation sites (tertiary alicyclic amines) is 1. The van der Waals surface area contributed by atoms with Crippen LogP contribution in [0.15, 0.2) is 18.2 Å². The molecule has 5 heteroatoms. The highest BCUT2D eigenvalue weighted by atomic mass is 16.5. The van der Waals surface area contributed by atoms with Crippen molar-refractivity contribution >= 4 is 5.91 Å². The molecule has 1 aliphatic carbocycles. The average molecular weight is 333 g/mol. The van der Waals surface area contributed by atoms with Crippen molar-refractivity contribution in [3.8, 4) is 11.5 Å². The van der Waals surface area contributed by atoms with Crippen LogP contribution in [0.1, 0.15) is 37.2 Å². The molecule has 2 aliphatic rings. The second kappa shape index (κ2) is 7.01. The summed E-state index contributed by atoms with van der Waals surface area (Å²) in [6.45, 7) is 2.08. The number of ether oxygens (including phenoxy) is 3. The Bertz CT molecular complexity index is 597. The molecular weight excluding hydrogens is 306 g/mol. The highest BCUT2D eigenvalue weighted by Crippen LogP contribution is 2.44. The Morgan fingerprint density at radius 1 is 1.25 bits per heavy atom. The Morgan fingerprint density at radius 2 is 2.04 bits per heavy atom. The number of hydrogen-bond donors (Lipinski definition) is 0. The van der Waals surface area contributed by atoms with E-state index in [1.807, 2.05) is 23.1 Å². The fraction of sp³-hybridized carbons (Fsp3) is 0.632. The number of amides is 1. The van der Waals surface area contributed by atoms with E-state index in [-0.39, 0.29) is 11.3 Å². The van der Waals surface area contributed by atoms with Crippen molar-refractivity contribution in [1.29, 1.82) is 0 Å². The van der Waals surface area contributed by atoms with Crippen molar-refractivity contribution in [3.63, 3.8) is 0 Å². The van der Waals surface area contributed by atoms with Crippen LogP contribution < -0.4 is 9.47 Å². The van der Waals surface area contributed by atoms with Crippen molar-refractivity contribution in [2.24, 2.45) is 5.41 Å². The Hall–Kier alpha value is -1.75. The van der Waals surface area contributed by atoms with Gasteiger partial charge in [-0.1, -0.05) is 6.42 Å². The molecule has 0 spiro atoms. The third kappa shape index (κ3) is 2.97. The Balaban J connectivity index is 1.75. The van der Waals surface area contributed by atoms with E-state index in [1.165, 1.54) is 0 Å². The highest BCUT2D eigenvalue weighted by molar-refractivity contribution is 5.84. The molecule has 2 fully saturated rings. The van der Waals surface area contributed by atoms with Gasteiger partial charge >= 0.3 is 0 Å². The Kier molecular flexibility index (Phi) is 4.99. The quantitative estimate of drug-likeness (QED) is 0.803. The lowest BCUT2D eigenvalue weighted by atomic mass is 9.68. The molecular formula is C19H27NO4. The lowest BCUT2D eigenvalue weighted by Gasteiger charge is -2.42. The summed E-state index contributed by atoms with van der Waals surface area (Å²) in [5.41, 5.74) is 0.851. The molecule has 24 heavy (non-hydrogen) atoms. The summed E-state index contributed by atoms with van der Waals surface area (Å²) in [7, 11) is 5.04. The zero-order chi connectivity index (χ0) is 17.2. The van der Waals surface area contributed by atoms with Crippen molar-refractivity contribution in [2.75, 3.05) is 41.0 Å². The van der Waals surface area contributed by atoms with Gasteiger partial charge in [-0.15, -0.1) is 0 Å². The van der Waals surface area contributed by atoms with E-state index in [1.54, 1.807) is 21.3 Å². The Morgan fingerprint density at radius 3 is 2.62 bits per heavy atom. The summed E-state index contributed by atoms with van der Waals surface area (Å²) in [5.74, 6) is 2.24. The summed E-state index contributed by atoms with van der Waals surface area (Å²) in [6.07, 6.45) is 3.97. The summed E-state index contributed by atoms with van der Waals surface area (Å²) in [4.78, 5) is 15.0. The summed E-state index contributed by atoms with van der Waals surface area (Å²) in [5, 5.41) is 0. The smallest absolute Gasteiger partial charge is 0.231 e. The summed E-state index contributed by atoms with van der Waals surface area (Å²) >= 11 is 0. The molecule has 1 saturated carbocycles. The van der Waals surface area contributed by atoms with Crippen molar-refractivity contribution < 1.29 is 19.0 Å². The van der Waals surface area contributed by atoms with Crippen molar-refractivity contribution in [2.45, 2.75) is 31.6 Å². The van der Waals surface area contributed by atoms with E-state index >= 15 is 0 Å². The topological polar surface area (TPSA) is 48.0 Å². The fourth-order valence-electron chi connectivity index (χ4n) is 3.99. The first kappa shape index (κ1) is 17.1. The predicted molar refractivity (Wildman–Crippen MR) is 91.6 cm³/mol.